The molecule has 2 amide bonds. The summed E-state index contributed by atoms with van der Waals surface area (Å²) >= 11 is 0. The highest BCUT2D eigenvalue weighted by molar-refractivity contribution is 5.98. The van der Waals surface area contributed by atoms with E-state index in [-0.39, 0.29) is 24.5 Å². The van der Waals surface area contributed by atoms with Crippen LogP contribution in [-0.4, -0.2) is 86.5 Å². The van der Waals surface area contributed by atoms with Gasteiger partial charge in [-0.25, -0.2) is 10.4 Å². The lowest BCUT2D eigenvalue weighted by Gasteiger charge is -2.33. The first-order valence-electron chi connectivity index (χ1n) is 14.3. The van der Waals surface area contributed by atoms with Crippen LogP contribution in [0.2, 0.25) is 0 Å². The Labute approximate surface area is 245 Å². The van der Waals surface area contributed by atoms with Gasteiger partial charge in [-0.05, 0) is 37.1 Å². The summed E-state index contributed by atoms with van der Waals surface area (Å²) in [7, 11) is 0. The minimum atomic E-state index is -0.167. The second-order valence-corrected chi connectivity index (χ2v) is 9.89. The van der Waals surface area contributed by atoms with Gasteiger partial charge in [0.05, 0.1) is 32.5 Å². The SMILES string of the molecule is O=C(NN=C1CCOCC1)c1ccccc1.O=C1CCOCC1.O=C1COC(c2ccccc2)=NN1C1CCOCC1. The Kier molecular flexibility index (Phi) is 12.6. The van der Waals surface area contributed by atoms with Crippen LogP contribution in [-0.2, 0) is 28.5 Å². The molecule has 0 bridgehead atoms. The standard InChI is InChI=1S/C14H16N2O3.C12H14N2O2.C5H8O2/c17-13-10-19-14(11-4-2-1-3-5-11)15-16(13)12-6-8-18-9-7-12;15-12(10-4-2-1-3-5-10)14-13-11-6-8-16-9-7-11;6-5-1-3-7-4-2-5/h1-5,12H,6-10H2;1-5H,6-9H2,(H,14,15);1-4H2. The fourth-order valence-corrected chi connectivity index (χ4v) is 4.42. The third-order valence-corrected chi connectivity index (χ3v) is 6.82. The lowest BCUT2D eigenvalue weighted by Crippen LogP contribution is -2.45. The first-order chi connectivity index (χ1) is 20.6. The number of carbonyl (C=O) groups excluding carboxylic acids is 3. The maximum absolute atomic E-state index is 11.9. The van der Waals surface area contributed by atoms with E-state index in [1.807, 2.05) is 48.5 Å². The van der Waals surface area contributed by atoms with Crippen molar-refractivity contribution in [3.63, 3.8) is 0 Å². The zero-order valence-electron chi connectivity index (χ0n) is 23.7. The molecule has 0 radical (unpaired) electrons. The number of ketones is 1. The average Bonchev–Trinajstić information content (AvgIpc) is 3.06. The smallest absolute Gasteiger partial charge is 0.281 e. The molecule has 3 fully saturated rings. The minimum absolute atomic E-state index is 0.0606. The molecule has 0 spiro atoms. The Bertz CT molecular complexity index is 1200. The van der Waals surface area contributed by atoms with E-state index in [0.29, 0.717) is 69.7 Å². The molecule has 11 heteroatoms. The fourth-order valence-electron chi connectivity index (χ4n) is 4.42. The number of rotatable bonds is 4. The van der Waals surface area contributed by atoms with Gasteiger partial charge in [-0.1, -0.05) is 36.4 Å². The maximum atomic E-state index is 11.9. The summed E-state index contributed by atoms with van der Waals surface area (Å²) in [6, 6.07) is 18.8. The minimum Gasteiger partial charge on any atom is -0.466 e. The fraction of sp³-hybridized carbons (Fsp3) is 0.452. The second kappa shape index (κ2) is 17.1. The van der Waals surface area contributed by atoms with Gasteiger partial charge in [0.25, 0.3) is 11.8 Å². The van der Waals surface area contributed by atoms with E-state index in [1.54, 1.807) is 17.1 Å². The van der Waals surface area contributed by atoms with Crippen LogP contribution < -0.4 is 5.43 Å². The Morgan fingerprint density at radius 3 is 1.95 bits per heavy atom. The summed E-state index contributed by atoms with van der Waals surface area (Å²) in [5.74, 6) is 0.615. The summed E-state index contributed by atoms with van der Waals surface area (Å²) in [6.45, 7) is 4.10. The van der Waals surface area contributed by atoms with E-state index in [1.165, 1.54) is 0 Å². The Morgan fingerprint density at radius 2 is 1.36 bits per heavy atom. The Hall–Kier alpha value is -3.93. The number of Topliss-reactive ketones (excluding diaryl/α,β-unsaturated/α-hetero) is 1. The van der Waals surface area contributed by atoms with Crippen molar-refractivity contribution in [1.82, 2.24) is 10.4 Å². The first-order valence-corrected chi connectivity index (χ1v) is 14.3. The van der Waals surface area contributed by atoms with Crippen LogP contribution in [0.1, 0.15) is 54.4 Å². The molecular weight excluding hydrogens is 540 g/mol. The van der Waals surface area contributed by atoms with E-state index in [0.717, 1.165) is 37.0 Å². The molecule has 6 rings (SSSR count). The van der Waals surface area contributed by atoms with Crippen molar-refractivity contribution in [3.8, 4) is 0 Å². The number of hydrogen-bond acceptors (Lipinski definition) is 9. The summed E-state index contributed by atoms with van der Waals surface area (Å²) in [6.07, 6.45) is 4.51. The molecule has 4 aliphatic heterocycles. The van der Waals surface area contributed by atoms with Gasteiger partial charge >= 0.3 is 0 Å². The highest BCUT2D eigenvalue weighted by Crippen LogP contribution is 2.19. The zero-order valence-corrected chi connectivity index (χ0v) is 23.7. The molecule has 0 aliphatic carbocycles. The quantitative estimate of drug-likeness (QED) is 0.551. The zero-order chi connectivity index (χ0) is 29.4. The molecule has 0 saturated carbocycles. The van der Waals surface area contributed by atoms with Gasteiger partial charge in [-0.15, -0.1) is 5.10 Å². The summed E-state index contributed by atoms with van der Waals surface area (Å²) in [5.41, 5.74) is 5.08. The molecule has 0 atom stereocenters. The number of ether oxygens (including phenoxy) is 4. The Morgan fingerprint density at radius 1 is 0.786 bits per heavy atom. The molecule has 1 N–H and O–H groups in total. The summed E-state index contributed by atoms with van der Waals surface area (Å²) in [5, 5.41) is 10.1. The van der Waals surface area contributed by atoms with Crippen LogP contribution in [0.4, 0.5) is 0 Å². The Balaban J connectivity index is 0.000000159. The predicted molar refractivity (Wildman–Crippen MR) is 156 cm³/mol. The van der Waals surface area contributed by atoms with E-state index in [9.17, 15) is 14.4 Å². The highest BCUT2D eigenvalue weighted by Gasteiger charge is 2.30. The molecule has 224 valence electrons. The van der Waals surface area contributed by atoms with Crippen LogP contribution in [0.15, 0.2) is 70.9 Å². The number of benzene rings is 2. The molecule has 4 aliphatic rings. The largest absolute Gasteiger partial charge is 0.466 e. The van der Waals surface area contributed by atoms with E-state index >= 15 is 0 Å². The van der Waals surface area contributed by atoms with Crippen molar-refractivity contribution in [3.05, 3.63) is 71.8 Å². The lowest BCUT2D eigenvalue weighted by atomic mass is 10.1. The van der Waals surface area contributed by atoms with E-state index < -0.39 is 0 Å². The van der Waals surface area contributed by atoms with Crippen molar-refractivity contribution in [2.75, 3.05) is 46.2 Å². The van der Waals surface area contributed by atoms with Gasteiger partial charge in [0.1, 0.15) is 5.78 Å². The summed E-state index contributed by atoms with van der Waals surface area (Å²) < 4.78 is 20.9. The maximum Gasteiger partial charge on any atom is 0.281 e. The number of hydrogen-bond donors (Lipinski definition) is 1. The predicted octanol–water partition coefficient (Wildman–Crippen LogP) is 3.33. The van der Waals surface area contributed by atoms with Gasteiger partial charge in [-0.2, -0.15) is 5.10 Å². The van der Waals surface area contributed by atoms with E-state index in [4.69, 9.17) is 18.9 Å². The molecule has 2 aromatic rings. The van der Waals surface area contributed by atoms with Gasteiger partial charge in [0.2, 0.25) is 5.90 Å². The van der Waals surface area contributed by atoms with E-state index in [2.05, 4.69) is 15.6 Å². The van der Waals surface area contributed by atoms with Crippen LogP contribution in [0.3, 0.4) is 0 Å². The molecular formula is C31H38N4O7. The number of carbonyl (C=O) groups is 3. The topological polar surface area (TPSA) is 128 Å². The van der Waals surface area contributed by atoms with Crippen molar-refractivity contribution < 1.29 is 33.3 Å². The average molecular weight is 579 g/mol. The third-order valence-electron chi connectivity index (χ3n) is 6.82. The van der Waals surface area contributed by atoms with Crippen LogP contribution in [0.25, 0.3) is 0 Å². The van der Waals surface area contributed by atoms with Crippen LogP contribution in [0.5, 0.6) is 0 Å². The molecule has 11 nitrogen and oxygen atoms in total. The number of nitrogens with one attached hydrogen (secondary N) is 1. The third kappa shape index (κ3) is 10.2. The number of nitrogens with zero attached hydrogens (tertiary/aromatic N) is 3. The molecule has 2 aromatic carbocycles. The summed E-state index contributed by atoms with van der Waals surface area (Å²) in [4.78, 5) is 33.9. The molecule has 0 aromatic heterocycles. The van der Waals surface area contributed by atoms with Crippen molar-refractivity contribution >= 4 is 29.2 Å². The lowest BCUT2D eigenvalue weighted by molar-refractivity contribution is -0.140. The highest BCUT2D eigenvalue weighted by atomic mass is 16.5. The van der Waals surface area contributed by atoms with Crippen molar-refractivity contribution in [2.24, 2.45) is 10.2 Å². The molecule has 3 saturated heterocycles. The van der Waals surface area contributed by atoms with Gasteiger partial charge in [0.15, 0.2) is 6.61 Å². The molecule has 0 unspecified atom stereocenters. The van der Waals surface area contributed by atoms with Crippen molar-refractivity contribution in [1.29, 1.82) is 0 Å². The van der Waals surface area contributed by atoms with Crippen molar-refractivity contribution in [2.45, 2.75) is 44.6 Å². The second-order valence-electron chi connectivity index (χ2n) is 9.89. The van der Waals surface area contributed by atoms with Gasteiger partial charge < -0.3 is 18.9 Å². The van der Waals surface area contributed by atoms with Gasteiger partial charge in [-0.3, -0.25) is 14.4 Å². The molecule has 42 heavy (non-hydrogen) atoms. The van der Waals surface area contributed by atoms with Crippen LogP contribution in [0, 0.1) is 0 Å². The number of hydrazone groups is 2. The van der Waals surface area contributed by atoms with Gasteiger partial charge in [0, 0.05) is 55.7 Å². The monoisotopic (exact) mass is 578 g/mol. The van der Waals surface area contributed by atoms with Crippen LogP contribution >= 0.6 is 0 Å². The number of amides is 2. The normalized spacial score (nSPS) is 19.2. The first kappa shape index (κ1) is 31.0. The molecule has 4 heterocycles.